The summed E-state index contributed by atoms with van der Waals surface area (Å²) in [5.41, 5.74) is 1.14. The topological polar surface area (TPSA) is 114 Å². The van der Waals surface area contributed by atoms with Crippen LogP contribution in [-0.2, 0) is 14.3 Å². The van der Waals surface area contributed by atoms with E-state index in [4.69, 9.17) is 4.74 Å². The van der Waals surface area contributed by atoms with Crippen molar-refractivity contribution >= 4 is 17.7 Å². The third kappa shape index (κ3) is 8.08. The van der Waals surface area contributed by atoms with Crippen LogP contribution in [-0.4, -0.2) is 65.6 Å². The standard InChI is InChI=1S/C20H29N5O4.2H2/c1-15-13-17(24-16(2)23-15)20(28)22-10-9-21-14-29-12-6-4-3-5-11-25-18(26)7-8-19(25)27;;/h7-8,13,21H,3-6,9-12,14H2,1-2H3,(H,22,28);2*1H. The summed E-state index contributed by atoms with van der Waals surface area (Å²) in [4.78, 5) is 44.4. The van der Waals surface area contributed by atoms with Crippen LogP contribution in [0.2, 0.25) is 0 Å². The lowest BCUT2D eigenvalue weighted by Crippen LogP contribution is -2.33. The molecule has 9 nitrogen and oxygen atoms in total. The molecular weight excluding hydrogens is 374 g/mol. The molecule has 0 atom stereocenters. The number of amides is 3. The Balaban J connectivity index is 0.00000450. The van der Waals surface area contributed by atoms with Gasteiger partial charge in [-0.1, -0.05) is 12.8 Å². The number of carbonyl (C=O) groups excluding carboxylic acids is 3. The molecule has 2 heterocycles. The summed E-state index contributed by atoms with van der Waals surface area (Å²) in [5.74, 6) is -0.0723. The smallest absolute Gasteiger partial charge is 0.270 e. The van der Waals surface area contributed by atoms with Crippen molar-refractivity contribution in [1.82, 2.24) is 25.5 Å². The monoisotopic (exact) mass is 407 g/mol. The van der Waals surface area contributed by atoms with Gasteiger partial charge < -0.3 is 10.1 Å². The fraction of sp³-hybridized carbons (Fsp3) is 0.550. The summed E-state index contributed by atoms with van der Waals surface area (Å²) in [5, 5.41) is 5.91. The Labute approximate surface area is 173 Å². The molecule has 1 aliphatic rings. The molecule has 9 heteroatoms. The number of carbonyl (C=O) groups is 3. The van der Waals surface area contributed by atoms with Gasteiger partial charge >= 0.3 is 0 Å². The van der Waals surface area contributed by atoms with Crippen LogP contribution in [0, 0.1) is 13.8 Å². The normalized spacial score (nSPS) is 13.4. The molecule has 29 heavy (non-hydrogen) atoms. The van der Waals surface area contributed by atoms with Gasteiger partial charge in [0.1, 0.15) is 11.5 Å². The Morgan fingerprint density at radius 2 is 1.79 bits per heavy atom. The van der Waals surface area contributed by atoms with Gasteiger partial charge in [0.25, 0.3) is 17.7 Å². The predicted molar refractivity (Wildman–Crippen MR) is 111 cm³/mol. The van der Waals surface area contributed by atoms with Crippen molar-refractivity contribution < 1.29 is 22.0 Å². The second kappa shape index (κ2) is 12.0. The first-order valence-electron chi connectivity index (χ1n) is 9.90. The van der Waals surface area contributed by atoms with E-state index >= 15 is 0 Å². The highest BCUT2D eigenvalue weighted by Gasteiger charge is 2.22. The van der Waals surface area contributed by atoms with E-state index in [1.165, 1.54) is 17.1 Å². The molecule has 3 amide bonds. The third-order valence-corrected chi connectivity index (χ3v) is 4.31. The number of imide groups is 1. The lowest BCUT2D eigenvalue weighted by atomic mass is 10.2. The van der Waals surface area contributed by atoms with Crippen molar-refractivity contribution in [2.24, 2.45) is 0 Å². The minimum absolute atomic E-state index is 0. The molecule has 0 aromatic carbocycles. The molecule has 1 aliphatic heterocycles. The van der Waals surface area contributed by atoms with Gasteiger partial charge in [0.2, 0.25) is 0 Å². The van der Waals surface area contributed by atoms with Crippen LogP contribution in [0.1, 0.15) is 50.5 Å². The number of rotatable bonds is 13. The van der Waals surface area contributed by atoms with Gasteiger partial charge in [-0.15, -0.1) is 0 Å². The summed E-state index contributed by atoms with van der Waals surface area (Å²) in [7, 11) is 0. The van der Waals surface area contributed by atoms with Gasteiger partial charge in [-0.3, -0.25) is 24.6 Å². The number of aromatic nitrogens is 2. The van der Waals surface area contributed by atoms with Gasteiger partial charge in [-0.25, -0.2) is 9.97 Å². The second-order valence-electron chi connectivity index (χ2n) is 6.83. The van der Waals surface area contributed by atoms with Gasteiger partial charge in [0.15, 0.2) is 0 Å². The first kappa shape index (κ1) is 22.6. The number of nitrogens with one attached hydrogen (secondary N) is 2. The molecule has 1 aromatic heterocycles. The molecule has 0 saturated carbocycles. The lowest BCUT2D eigenvalue weighted by molar-refractivity contribution is -0.136. The Morgan fingerprint density at radius 3 is 2.52 bits per heavy atom. The zero-order valence-electron chi connectivity index (χ0n) is 17.1. The summed E-state index contributed by atoms with van der Waals surface area (Å²) in [6, 6.07) is 1.66. The van der Waals surface area contributed by atoms with E-state index in [1.54, 1.807) is 13.0 Å². The molecule has 2 rings (SSSR count). The molecule has 0 bridgehead atoms. The fourth-order valence-electron chi connectivity index (χ4n) is 2.88. The van der Waals surface area contributed by atoms with Crippen LogP contribution < -0.4 is 10.6 Å². The second-order valence-corrected chi connectivity index (χ2v) is 6.83. The maximum atomic E-state index is 12.0. The third-order valence-electron chi connectivity index (χ3n) is 4.31. The van der Waals surface area contributed by atoms with Crippen molar-refractivity contribution in [3.05, 3.63) is 35.4 Å². The molecule has 162 valence electrons. The van der Waals surface area contributed by atoms with Crippen LogP contribution >= 0.6 is 0 Å². The van der Waals surface area contributed by atoms with Crippen LogP contribution in [0.15, 0.2) is 18.2 Å². The summed E-state index contributed by atoms with van der Waals surface area (Å²) < 4.78 is 5.50. The Bertz CT molecular complexity index is 723. The van der Waals surface area contributed by atoms with Crippen molar-refractivity contribution in [3.8, 4) is 0 Å². The Kier molecular flexibility index (Phi) is 9.39. The van der Waals surface area contributed by atoms with E-state index in [1.807, 2.05) is 6.92 Å². The predicted octanol–water partition coefficient (Wildman–Crippen LogP) is 1.36. The first-order chi connectivity index (χ1) is 14.0. The Morgan fingerprint density at radius 1 is 1.07 bits per heavy atom. The van der Waals surface area contributed by atoms with E-state index in [0.717, 1.165) is 31.4 Å². The van der Waals surface area contributed by atoms with Crippen LogP contribution in [0.4, 0.5) is 0 Å². The molecule has 0 spiro atoms. The van der Waals surface area contributed by atoms with Crippen LogP contribution in [0.3, 0.4) is 0 Å². The van der Waals surface area contributed by atoms with Gasteiger partial charge in [0, 0.05) is 46.9 Å². The molecule has 0 unspecified atom stereocenters. The van der Waals surface area contributed by atoms with Crippen molar-refractivity contribution in [2.75, 3.05) is 33.0 Å². The first-order valence-corrected chi connectivity index (χ1v) is 9.90. The van der Waals surface area contributed by atoms with Crippen LogP contribution in [0.25, 0.3) is 0 Å². The van der Waals surface area contributed by atoms with Crippen molar-refractivity contribution in [3.63, 3.8) is 0 Å². The average molecular weight is 408 g/mol. The fourth-order valence-corrected chi connectivity index (χ4v) is 2.88. The van der Waals surface area contributed by atoms with E-state index in [9.17, 15) is 14.4 Å². The van der Waals surface area contributed by atoms with Crippen LogP contribution in [0.5, 0.6) is 0 Å². The minimum atomic E-state index is -0.220. The zero-order chi connectivity index (χ0) is 21.1. The molecule has 2 N–H and O–H groups in total. The quantitative estimate of drug-likeness (QED) is 0.288. The van der Waals surface area contributed by atoms with Gasteiger partial charge in [-0.2, -0.15) is 0 Å². The maximum Gasteiger partial charge on any atom is 0.270 e. The van der Waals surface area contributed by atoms with Gasteiger partial charge in [0.05, 0.1) is 6.73 Å². The number of hydrogen-bond acceptors (Lipinski definition) is 7. The van der Waals surface area contributed by atoms with E-state index in [2.05, 4.69) is 20.6 Å². The Hall–Kier alpha value is -2.65. The van der Waals surface area contributed by atoms with Gasteiger partial charge in [-0.05, 0) is 32.8 Å². The highest BCUT2D eigenvalue weighted by molar-refractivity contribution is 6.12. The number of unbranched alkanes of at least 4 members (excludes halogenated alkanes) is 3. The molecule has 0 fully saturated rings. The lowest BCUT2D eigenvalue weighted by Gasteiger charge is -2.13. The highest BCUT2D eigenvalue weighted by Crippen LogP contribution is 2.07. The molecule has 1 aromatic rings. The number of hydrogen-bond donors (Lipinski definition) is 2. The SMILES string of the molecule is Cc1cc(C(=O)NCCNCOCCCCCCN2C(=O)C=CC2=O)nc(C)n1.[HH].[HH]. The molecule has 0 radical (unpaired) electrons. The summed E-state index contributed by atoms with van der Waals surface area (Å²) in [6.07, 6.45) is 6.28. The van der Waals surface area contributed by atoms with E-state index in [0.29, 0.717) is 44.5 Å². The maximum absolute atomic E-state index is 12.0. The molecule has 0 saturated heterocycles. The van der Waals surface area contributed by atoms with E-state index in [-0.39, 0.29) is 20.6 Å². The average Bonchev–Trinajstić information content (AvgIpc) is 2.99. The highest BCUT2D eigenvalue weighted by atomic mass is 16.5. The van der Waals surface area contributed by atoms with E-state index < -0.39 is 0 Å². The zero-order valence-corrected chi connectivity index (χ0v) is 17.1. The number of aryl methyl sites for hydroxylation is 2. The summed E-state index contributed by atoms with van der Waals surface area (Å²) in [6.45, 7) is 6.21. The largest absolute Gasteiger partial charge is 0.366 e. The number of nitrogens with zero attached hydrogens (tertiary/aromatic N) is 3. The summed E-state index contributed by atoms with van der Waals surface area (Å²) >= 11 is 0. The number of ether oxygens (including phenoxy) is 1. The molecular formula is C20H33N5O4. The van der Waals surface area contributed by atoms with Crippen molar-refractivity contribution in [1.29, 1.82) is 0 Å². The van der Waals surface area contributed by atoms with Crippen molar-refractivity contribution in [2.45, 2.75) is 39.5 Å². The minimum Gasteiger partial charge on any atom is -0.366 e. The molecule has 0 aliphatic carbocycles.